The topological polar surface area (TPSA) is 100 Å². The maximum Gasteiger partial charge on any atom is 0.243 e. The van der Waals surface area contributed by atoms with E-state index in [1.165, 1.54) is 0 Å². The van der Waals surface area contributed by atoms with E-state index in [0.717, 1.165) is 41.7 Å². The van der Waals surface area contributed by atoms with E-state index in [1.807, 2.05) is 62.4 Å². The van der Waals surface area contributed by atoms with Crippen molar-refractivity contribution >= 4 is 11.8 Å². The van der Waals surface area contributed by atoms with Crippen molar-refractivity contribution in [3.63, 3.8) is 0 Å². The molecule has 8 heteroatoms. The van der Waals surface area contributed by atoms with E-state index in [4.69, 9.17) is 9.47 Å². The number of nitrogens with one attached hydrogen (secondary N) is 2. The van der Waals surface area contributed by atoms with Crippen LogP contribution in [0.3, 0.4) is 0 Å². The Bertz CT molecular complexity index is 1260. The van der Waals surface area contributed by atoms with Gasteiger partial charge in [0.25, 0.3) is 0 Å². The molecule has 0 saturated heterocycles. The molecule has 0 unspecified atom stereocenters. The van der Waals surface area contributed by atoms with Crippen molar-refractivity contribution in [3.05, 3.63) is 90.5 Å². The molecule has 3 rings (SSSR count). The summed E-state index contributed by atoms with van der Waals surface area (Å²) in [5, 5.41) is 18.2. The molecule has 0 spiro atoms. The van der Waals surface area contributed by atoms with Gasteiger partial charge in [-0.3, -0.25) is 9.59 Å². The van der Waals surface area contributed by atoms with E-state index >= 15 is 0 Å². The number of amides is 2. The molecule has 0 aliphatic heterocycles. The zero-order valence-corrected chi connectivity index (χ0v) is 27.8. The summed E-state index contributed by atoms with van der Waals surface area (Å²) in [4.78, 5) is 28.9. The van der Waals surface area contributed by atoms with E-state index in [9.17, 15) is 14.7 Å². The normalized spacial score (nSPS) is 17.9. The summed E-state index contributed by atoms with van der Waals surface area (Å²) in [5.74, 6) is 0.360. The van der Waals surface area contributed by atoms with Crippen LogP contribution in [0.25, 0.3) is 0 Å². The minimum Gasteiger partial charge on any atom is -0.497 e. The highest BCUT2D eigenvalue weighted by Crippen LogP contribution is 2.42. The summed E-state index contributed by atoms with van der Waals surface area (Å²) in [7, 11) is 3.33. The van der Waals surface area contributed by atoms with Gasteiger partial charge >= 0.3 is 0 Å². The number of hydrogen-bond donors (Lipinski definition) is 3. The molecule has 0 radical (unpaired) electrons. The molecule has 5 atom stereocenters. The number of aliphatic hydroxyl groups is 1. The number of rotatable bonds is 19. The number of likely N-dealkylation sites (N-methyl/N-ethyl adjacent to an activating group) is 1. The smallest absolute Gasteiger partial charge is 0.243 e. The van der Waals surface area contributed by atoms with Crippen LogP contribution in [-0.2, 0) is 20.7 Å². The van der Waals surface area contributed by atoms with Crippen LogP contribution in [0.2, 0.25) is 0 Å². The fourth-order valence-electron chi connectivity index (χ4n) is 6.06. The molecule has 1 aliphatic rings. The van der Waals surface area contributed by atoms with Crippen molar-refractivity contribution in [1.29, 1.82) is 0 Å². The van der Waals surface area contributed by atoms with Crippen molar-refractivity contribution in [1.82, 2.24) is 15.5 Å². The van der Waals surface area contributed by atoms with E-state index in [1.54, 1.807) is 31.2 Å². The second kappa shape index (κ2) is 17.3. The number of hydrogen-bond acceptors (Lipinski definition) is 6. The first-order valence-corrected chi connectivity index (χ1v) is 16.1. The number of nitrogens with zero attached hydrogens (tertiary/aromatic N) is 1. The summed E-state index contributed by atoms with van der Waals surface area (Å²) in [6, 6.07) is 14.3. The van der Waals surface area contributed by atoms with Gasteiger partial charge in [0.1, 0.15) is 11.8 Å². The van der Waals surface area contributed by atoms with Crippen LogP contribution in [0.4, 0.5) is 0 Å². The third kappa shape index (κ3) is 9.76. The standard InChI is InChI=1S/C37H53N3O5/c1-8-11-20-37(4,5)36(43)40(6)32(15-9-2)35(42)39-31(22-26-16-13-12-14-17-26)33(41)25-38-30-24-34(45-21-10-3)28-19-18-27(44-7)23-29(28)30/h9-10,12-14,16-19,23,30-34,38,41H,2-3,8,11,15,20-22,24-25H2,1,4-7H3,(H,39,42)/t30-,31-,32-,33+,34+/m0/s1. The summed E-state index contributed by atoms with van der Waals surface area (Å²) >= 11 is 0. The van der Waals surface area contributed by atoms with Crippen LogP contribution in [0.5, 0.6) is 5.75 Å². The second-order valence-electron chi connectivity index (χ2n) is 12.6. The highest BCUT2D eigenvalue weighted by atomic mass is 16.5. The summed E-state index contributed by atoms with van der Waals surface area (Å²) < 4.78 is 11.5. The van der Waals surface area contributed by atoms with Gasteiger partial charge in [-0.2, -0.15) is 0 Å². The largest absolute Gasteiger partial charge is 0.497 e. The van der Waals surface area contributed by atoms with Gasteiger partial charge in [0.05, 0.1) is 32.0 Å². The van der Waals surface area contributed by atoms with Crippen molar-refractivity contribution in [2.24, 2.45) is 5.41 Å². The lowest BCUT2D eigenvalue weighted by molar-refractivity contribution is -0.146. The van der Waals surface area contributed by atoms with E-state index in [-0.39, 0.29) is 30.5 Å². The first-order valence-electron chi connectivity index (χ1n) is 16.1. The second-order valence-corrected chi connectivity index (χ2v) is 12.6. The molecule has 2 aromatic carbocycles. The Morgan fingerprint density at radius 3 is 2.51 bits per heavy atom. The Balaban J connectivity index is 1.79. The molecule has 45 heavy (non-hydrogen) atoms. The van der Waals surface area contributed by atoms with Crippen LogP contribution in [0, 0.1) is 5.41 Å². The van der Waals surface area contributed by atoms with Crippen LogP contribution in [-0.4, -0.2) is 67.3 Å². The lowest BCUT2D eigenvalue weighted by Crippen LogP contribution is -2.56. The minimum absolute atomic E-state index is 0.0738. The van der Waals surface area contributed by atoms with Gasteiger partial charge < -0.3 is 30.1 Å². The highest BCUT2D eigenvalue weighted by Gasteiger charge is 2.37. The molecule has 0 heterocycles. The van der Waals surface area contributed by atoms with Crippen molar-refractivity contribution in [2.45, 2.75) is 89.6 Å². The molecule has 0 bridgehead atoms. The molecule has 2 aromatic rings. The summed E-state index contributed by atoms with van der Waals surface area (Å²) in [6.07, 6.45) is 6.47. The Labute approximate surface area is 269 Å². The van der Waals surface area contributed by atoms with Gasteiger partial charge in [-0.05, 0) is 54.5 Å². The van der Waals surface area contributed by atoms with E-state index in [0.29, 0.717) is 25.9 Å². The monoisotopic (exact) mass is 619 g/mol. The van der Waals surface area contributed by atoms with Crippen LogP contribution >= 0.6 is 0 Å². The molecular formula is C37H53N3O5. The Hall–Kier alpha value is -3.46. The number of carbonyl (C=O) groups excluding carboxylic acids is 2. The third-order valence-electron chi connectivity index (χ3n) is 8.76. The van der Waals surface area contributed by atoms with Crippen LogP contribution < -0.4 is 15.4 Å². The van der Waals surface area contributed by atoms with Gasteiger partial charge in [0, 0.05) is 25.0 Å². The number of ether oxygens (including phenoxy) is 2. The van der Waals surface area contributed by atoms with Gasteiger partial charge in [-0.15, -0.1) is 13.2 Å². The van der Waals surface area contributed by atoms with E-state index < -0.39 is 23.6 Å². The quantitative estimate of drug-likeness (QED) is 0.175. The molecule has 2 amide bonds. The first kappa shape index (κ1) is 36.0. The molecule has 0 saturated carbocycles. The molecule has 246 valence electrons. The van der Waals surface area contributed by atoms with Crippen molar-refractivity contribution in [3.8, 4) is 5.75 Å². The minimum atomic E-state index is -0.914. The lowest BCUT2D eigenvalue weighted by Gasteiger charge is -2.35. The van der Waals surface area contributed by atoms with Gasteiger partial charge in [0.2, 0.25) is 11.8 Å². The molecule has 8 nitrogen and oxygen atoms in total. The first-order chi connectivity index (χ1) is 21.6. The third-order valence-corrected chi connectivity index (χ3v) is 8.76. The van der Waals surface area contributed by atoms with Crippen LogP contribution in [0.1, 0.15) is 81.7 Å². The molecule has 0 aromatic heterocycles. The number of methoxy groups -OCH3 is 1. The van der Waals surface area contributed by atoms with Crippen molar-refractivity contribution in [2.75, 3.05) is 27.3 Å². The summed E-state index contributed by atoms with van der Waals surface area (Å²) in [5.41, 5.74) is 2.54. The van der Waals surface area contributed by atoms with Crippen LogP contribution in [0.15, 0.2) is 73.8 Å². The Kier molecular flexibility index (Phi) is 13.8. The van der Waals surface area contributed by atoms with Gasteiger partial charge in [-0.25, -0.2) is 0 Å². The zero-order chi connectivity index (χ0) is 33.0. The predicted molar refractivity (Wildman–Crippen MR) is 180 cm³/mol. The fourth-order valence-corrected chi connectivity index (χ4v) is 6.06. The molecule has 3 N–H and O–H groups in total. The fraction of sp³-hybridized carbons (Fsp3) is 0.514. The SMILES string of the molecule is C=CCO[C@@H]1C[C@H](NC[C@@H](O)[C@H](Cc2ccccc2)NC(=O)[C@H](CC=C)N(C)C(=O)C(C)(C)CCCC)c2cc(OC)ccc21. The number of aliphatic hydroxyl groups excluding tert-OH is 1. The zero-order valence-electron chi connectivity index (χ0n) is 27.8. The number of carbonyl (C=O) groups is 2. The highest BCUT2D eigenvalue weighted by molar-refractivity contribution is 5.90. The number of benzene rings is 2. The predicted octanol–water partition coefficient (Wildman–Crippen LogP) is 5.68. The molecule has 0 fully saturated rings. The molecule has 1 aliphatic carbocycles. The lowest BCUT2D eigenvalue weighted by atomic mass is 9.85. The maximum atomic E-state index is 13.8. The average Bonchev–Trinajstić information content (AvgIpc) is 3.39. The Morgan fingerprint density at radius 1 is 1.13 bits per heavy atom. The van der Waals surface area contributed by atoms with Gasteiger partial charge in [0.15, 0.2) is 0 Å². The Morgan fingerprint density at radius 2 is 1.87 bits per heavy atom. The number of unbranched alkanes of at least 4 members (excludes halogenated alkanes) is 1. The van der Waals surface area contributed by atoms with Gasteiger partial charge in [-0.1, -0.05) is 82.2 Å². The maximum absolute atomic E-state index is 13.8. The van der Waals surface area contributed by atoms with E-state index in [2.05, 4.69) is 30.7 Å². The average molecular weight is 620 g/mol. The number of fused-ring (bicyclic) bond motifs is 1. The summed E-state index contributed by atoms with van der Waals surface area (Å²) in [6.45, 7) is 14.3. The molecular weight excluding hydrogens is 566 g/mol. The van der Waals surface area contributed by atoms with Crippen molar-refractivity contribution < 1.29 is 24.2 Å².